The molecule has 0 aliphatic carbocycles. The van der Waals surface area contributed by atoms with Crippen LogP contribution in [-0.4, -0.2) is 23.3 Å². The van der Waals surface area contributed by atoms with Crippen molar-refractivity contribution in [3.8, 4) is 0 Å². The minimum atomic E-state index is -0.0890. The van der Waals surface area contributed by atoms with Gasteiger partial charge in [-0.25, -0.2) is 0 Å². The highest BCUT2D eigenvalue weighted by molar-refractivity contribution is 4.96. The van der Waals surface area contributed by atoms with Crippen molar-refractivity contribution in [1.82, 2.24) is 15.5 Å². The first-order valence-electron chi connectivity index (χ1n) is 5.49. The van der Waals surface area contributed by atoms with Gasteiger partial charge >= 0.3 is 0 Å². The van der Waals surface area contributed by atoms with Gasteiger partial charge in [-0.05, 0) is 33.2 Å². The van der Waals surface area contributed by atoms with Crippen LogP contribution in [0.1, 0.15) is 50.6 Å². The lowest BCUT2D eigenvalue weighted by atomic mass is 10.2. The summed E-state index contributed by atoms with van der Waals surface area (Å²) >= 11 is 0. The van der Waals surface area contributed by atoms with Crippen LogP contribution >= 0.6 is 0 Å². The van der Waals surface area contributed by atoms with E-state index in [0.717, 1.165) is 13.0 Å². The van der Waals surface area contributed by atoms with E-state index < -0.39 is 0 Å². The molecule has 1 aromatic heterocycles. The molecule has 0 radical (unpaired) electrons. The van der Waals surface area contributed by atoms with Gasteiger partial charge in [0.25, 0.3) is 0 Å². The molecule has 2 atom stereocenters. The van der Waals surface area contributed by atoms with E-state index in [1.54, 1.807) is 0 Å². The van der Waals surface area contributed by atoms with E-state index in [9.17, 15) is 0 Å². The van der Waals surface area contributed by atoms with Crippen molar-refractivity contribution in [2.45, 2.75) is 38.8 Å². The van der Waals surface area contributed by atoms with Crippen molar-refractivity contribution >= 4 is 0 Å². The van der Waals surface area contributed by atoms with Crippen LogP contribution in [0.15, 0.2) is 4.52 Å². The van der Waals surface area contributed by atoms with Gasteiger partial charge in [-0.2, -0.15) is 4.98 Å². The van der Waals surface area contributed by atoms with Crippen molar-refractivity contribution in [2.75, 3.05) is 13.2 Å². The molecule has 15 heavy (non-hydrogen) atoms. The quantitative estimate of drug-likeness (QED) is 0.819. The Kier molecular flexibility index (Phi) is 3.33. The summed E-state index contributed by atoms with van der Waals surface area (Å²) in [5.41, 5.74) is 0. The Morgan fingerprint density at radius 2 is 2.53 bits per heavy atom. The number of nitrogens with one attached hydrogen (secondary N) is 1. The summed E-state index contributed by atoms with van der Waals surface area (Å²) in [6.07, 6.45) is 2.16. The first-order valence-corrected chi connectivity index (χ1v) is 5.49. The SMILES string of the molecule is CCOC(C)c1noc(C2CCCN2)n1. The van der Waals surface area contributed by atoms with Gasteiger partial charge in [-0.15, -0.1) is 0 Å². The summed E-state index contributed by atoms with van der Waals surface area (Å²) in [7, 11) is 0. The van der Waals surface area contributed by atoms with Gasteiger partial charge in [0.15, 0.2) is 5.82 Å². The number of aromatic nitrogens is 2. The van der Waals surface area contributed by atoms with Crippen molar-refractivity contribution < 1.29 is 9.26 Å². The van der Waals surface area contributed by atoms with Gasteiger partial charge < -0.3 is 14.6 Å². The van der Waals surface area contributed by atoms with E-state index in [-0.39, 0.29) is 12.1 Å². The molecule has 1 saturated heterocycles. The molecule has 0 aromatic carbocycles. The first-order chi connectivity index (χ1) is 7.31. The Bertz CT molecular complexity index is 307. The topological polar surface area (TPSA) is 60.2 Å². The highest BCUT2D eigenvalue weighted by Gasteiger charge is 2.23. The maximum atomic E-state index is 5.40. The second kappa shape index (κ2) is 4.72. The minimum absolute atomic E-state index is 0.0890. The van der Waals surface area contributed by atoms with E-state index in [4.69, 9.17) is 9.26 Å². The van der Waals surface area contributed by atoms with Crippen LogP contribution in [0.2, 0.25) is 0 Å². The van der Waals surface area contributed by atoms with Crippen LogP contribution in [-0.2, 0) is 4.74 Å². The molecule has 0 spiro atoms. The Morgan fingerprint density at radius 1 is 1.67 bits per heavy atom. The first kappa shape index (κ1) is 10.6. The van der Waals surface area contributed by atoms with Crippen LogP contribution < -0.4 is 5.32 Å². The summed E-state index contributed by atoms with van der Waals surface area (Å²) < 4.78 is 10.6. The third-order valence-electron chi connectivity index (χ3n) is 2.60. The lowest BCUT2D eigenvalue weighted by Crippen LogP contribution is -2.13. The average molecular weight is 211 g/mol. The molecule has 5 nitrogen and oxygen atoms in total. The fraction of sp³-hybridized carbons (Fsp3) is 0.800. The van der Waals surface area contributed by atoms with Gasteiger partial charge in [-0.1, -0.05) is 5.16 Å². The summed E-state index contributed by atoms with van der Waals surface area (Å²) in [6, 6.07) is 0.236. The molecule has 2 unspecified atom stereocenters. The number of rotatable bonds is 4. The molecule has 0 bridgehead atoms. The monoisotopic (exact) mass is 211 g/mol. The summed E-state index contributed by atoms with van der Waals surface area (Å²) in [4.78, 5) is 4.35. The van der Waals surface area contributed by atoms with Crippen LogP contribution in [0.5, 0.6) is 0 Å². The van der Waals surface area contributed by atoms with Crippen molar-refractivity contribution in [1.29, 1.82) is 0 Å². The zero-order chi connectivity index (χ0) is 10.7. The molecular formula is C10H17N3O2. The zero-order valence-corrected chi connectivity index (χ0v) is 9.19. The number of hydrogen-bond donors (Lipinski definition) is 1. The van der Waals surface area contributed by atoms with E-state index in [1.165, 1.54) is 6.42 Å². The fourth-order valence-electron chi connectivity index (χ4n) is 1.77. The maximum absolute atomic E-state index is 5.40. The van der Waals surface area contributed by atoms with Gasteiger partial charge in [0.1, 0.15) is 6.10 Å². The van der Waals surface area contributed by atoms with Crippen LogP contribution in [0.25, 0.3) is 0 Å². The molecule has 1 fully saturated rings. The Labute approximate surface area is 89.2 Å². The average Bonchev–Trinajstić information content (AvgIpc) is 2.89. The Balaban J connectivity index is 2.02. The predicted octanol–water partition coefficient (Wildman–Crippen LogP) is 1.59. The van der Waals surface area contributed by atoms with E-state index in [1.807, 2.05) is 13.8 Å². The molecule has 1 aliphatic heterocycles. The molecule has 1 N–H and O–H groups in total. The smallest absolute Gasteiger partial charge is 0.243 e. The number of nitrogens with zero attached hydrogens (tertiary/aromatic N) is 2. The van der Waals surface area contributed by atoms with Crippen LogP contribution in [0.4, 0.5) is 0 Å². The van der Waals surface area contributed by atoms with Crippen molar-refractivity contribution in [3.63, 3.8) is 0 Å². The third kappa shape index (κ3) is 2.35. The van der Waals surface area contributed by atoms with Gasteiger partial charge in [0, 0.05) is 6.61 Å². The summed E-state index contributed by atoms with van der Waals surface area (Å²) in [5, 5.41) is 7.25. The van der Waals surface area contributed by atoms with Gasteiger partial charge in [0.05, 0.1) is 6.04 Å². The van der Waals surface area contributed by atoms with Gasteiger partial charge in [0.2, 0.25) is 5.89 Å². The molecule has 2 heterocycles. The Morgan fingerprint density at radius 3 is 3.20 bits per heavy atom. The van der Waals surface area contributed by atoms with E-state index in [2.05, 4.69) is 15.5 Å². The van der Waals surface area contributed by atoms with Crippen LogP contribution in [0.3, 0.4) is 0 Å². The third-order valence-corrected chi connectivity index (χ3v) is 2.60. The lowest BCUT2D eigenvalue weighted by molar-refractivity contribution is 0.0683. The lowest BCUT2D eigenvalue weighted by Gasteiger charge is -2.05. The Hall–Kier alpha value is -0.940. The largest absolute Gasteiger partial charge is 0.371 e. The fourth-order valence-corrected chi connectivity index (χ4v) is 1.77. The number of ether oxygens (including phenoxy) is 1. The molecule has 5 heteroatoms. The minimum Gasteiger partial charge on any atom is -0.371 e. The second-order valence-corrected chi connectivity index (χ2v) is 3.74. The van der Waals surface area contributed by atoms with E-state index >= 15 is 0 Å². The zero-order valence-electron chi connectivity index (χ0n) is 9.19. The number of hydrogen-bond acceptors (Lipinski definition) is 5. The predicted molar refractivity (Wildman–Crippen MR) is 54.3 cm³/mol. The normalized spacial score (nSPS) is 23.2. The molecule has 2 rings (SSSR count). The highest BCUT2D eigenvalue weighted by atomic mass is 16.5. The molecule has 0 saturated carbocycles. The standard InChI is InChI=1S/C10H17N3O2/c1-3-14-7(2)9-12-10(15-13-9)8-5-4-6-11-8/h7-8,11H,3-6H2,1-2H3. The van der Waals surface area contributed by atoms with E-state index in [0.29, 0.717) is 18.3 Å². The highest BCUT2D eigenvalue weighted by Crippen LogP contribution is 2.23. The molecule has 1 aromatic rings. The summed E-state index contributed by atoms with van der Waals surface area (Å²) in [5.74, 6) is 1.33. The maximum Gasteiger partial charge on any atom is 0.243 e. The summed E-state index contributed by atoms with van der Waals surface area (Å²) in [6.45, 7) is 5.58. The van der Waals surface area contributed by atoms with Crippen molar-refractivity contribution in [3.05, 3.63) is 11.7 Å². The molecule has 84 valence electrons. The molecule has 1 aliphatic rings. The van der Waals surface area contributed by atoms with Crippen LogP contribution in [0, 0.1) is 0 Å². The molecule has 0 amide bonds. The van der Waals surface area contributed by atoms with Gasteiger partial charge in [-0.3, -0.25) is 0 Å². The van der Waals surface area contributed by atoms with Crippen molar-refractivity contribution in [2.24, 2.45) is 0 Å². The second-order valence-electron chi connectivity index (χ2n) is 3.74. The molecular weight excluding hydrogens is 194 g/mol.